The number of oxime groups is 1. The lowest BCUT2D eigenvalue weighted by Gasteiger charge is -2.53. The van der Waals surface area contributed by atoms with Gasteiger partial charge in [0.25, 0.3) is 5.91 Å². The van der Waals surface area contributed by atoms with E-state index in [1.54, 1.807) is 50.5 Å². The van der Waals surface area contributed by atoms with Crippen molar-refractivity contribution in [1.29, 1.82) is 0 Å². The molecule has 0 radical (unpaired) electrons. The van der Waals surface area contributed by atoms with Crippen molar-refractivity contribution in [2.24, 2.45) is 10.6 Å². The van der Waals surface area contributed by atoms with Gasteiger partial charge in [0.1, 0.15) is 40.2 Å². The zero-order valence-corrected chi connectivity index (χ0v) is 29.7. The third-order valence-electron chi connectivity index (χ3n) is 7.09. The molecular formula is C29H32N8O8S4. The zero-order valence-electron chi connectivity index (χ0n) is 26.4. The second-order valence-corrected chi connectivity index (χ2v) is 15.9. The summed E-state index contributed by atoms with van der Waals surface area (Å²) in [5.74, 6) is -1.73. The normalized spacial score (nSPS) is 20.4. The van der Waals surface area contributed by atoms with Gasteiger partial charge in [0.2, 0.25) is 12.3 Å². The molecule has 0 aliphatic carbocycles. The molecule has 16 nitrogen and oxygen atoms in total. The molecule has 2 unspecified atom stereocenters. The Bertz CT molecular complexity index is 1710. The van der Waals surface area contributed by atoms with Gasteiger partial charge in [0.15, 0.2) is 15.2 Å². The number of amides is 4. The second-order valence-electron chi connectivity index (χ2n) is 11.9. The molecule has 2 aliphatic rings. The number of thiazole rings is 1. The molecule has 2 saturated heterocycles. The van der Waals surface area contributed by atoms with E-state index in [9.17, 15) is 29.1 Å². The first-order chi connectivity index (χ1) is 23.4. The third-order valence-corrected chi connectivity index (χ3v) is 11.6. The number of ether oxygens (including phenoxy) is 1. The molecule has 20 heteroatoms. The van der Waals surface area contributed by atoms with E-state index in [0.717, 1.165) is 22.5 Å². The molecule has 2 aromatic heterocycles. The van der Waals surface area contributed by atoms with Gasteiger partial charge >= 0.3 is 12.1 Å². The van der Waals surface area contributed by atoms with Crippen molar-refractivity contribution in [3.8, 4) is 0 Å². The molecule has 2 fully saturated rings. The van der Waals surface area contributed by atoms with Crippen LogP contribution in [0.25, 0.3) is 0 Å². The number of aliphatic carboxylic acids is 1. The summed E-state index contributed by atoms with van der Waals surface area (Å²) in [6.45, 7) is 5.58. The van der Waals surface area contributed by atoms with Gasteiger partial charge in [-0.25, -0.2) is 9.78 Å². The van der Waals surface area contributed by atoms with Crippen LogP contribution in [0.1, 0.15) is 37.6 Å². The summed E-state index contributed by atoms with van der Waals surface area (Å²) >= 11 is 4.94. The summed E-state index contributed by atoms with van der Waals surface area (Å²) in [6.07, 6.45) is -0.0753. The molecule has 260 valence electrons. The molecule has 2 aliphatic heterocycles. The van der Waals surface area contributed by atoms with E-state index in [0.29, 0.717) is 10.7 Å². The lowest BCUT2D eigenvalue weighted by atomic mass is 9.89. The zero-order chi connectivity index (χ0) is 35.2. The Balaban J connectivity index is 1.21. The van der Waals surface area contributed by atoms with Gasteiger partial charge in [-0.3, -0.25) is 19.2 Å². The fourth-order valence-corrected chi connectivity index (χ4v) is 8.66. The third kappa shape index (κ3) is 9.05. The number of anilines is 1. The maximum Gasteiger partial charge on any atom is 0.407 e. The highest BCUT2D eigenvalue weighted by Gasteiger charge is 2.57. The highest BCUT2D eigenvalue weighted by molar-refractivity contribution is 8.01. The predicted octanol–water partition coefficient (Wildman–Crippen LogP) is 2.77. The molecule has 3 atom stereocenters. The summed E-state index contributed by atoms with van der Waals surface area (Å²) in [7, 11) is 0. The maximum absolute atomic E-state index is 13.5. The first kappa shape index (κ1) is 36.0. The Morgan fingerprint density at radius 1 is 1.20 bits per heavy atom. The minimum absolute atomic E-state index is 0.0102. The molecule has 0 spiro atoms. The van der Waals surface area contributed by atoms with Gasteiger partial charge < -0.3 is 35.5 Å². The lowest BCUT2D eigenvalue weighted by molar-refractivity contribution is -0.157. The van der Waals surface area contributed by atoms with Gasteiger partial charge in [-0.15, -0.1) is 33.3 Å². The highest BCUT2D eigenvalue weighted by Crippen LogP contribution is 2.44. The van der Waals surface area contributed by atoms with Crippen LogP contribution in [0.4, 0.5) is 9.93 Å². The summed E-state index contributed by atoms with van der Waals surface area (Å²) < 4.78 is 5.88. The number of nitrogens with zero attached hydrogens (tertiary/aromatic N) is 5. The van der Waals surface area contributed by atoms with Crippen LogP contribution in [0.5, 0.6) is 0 Å². The Morgan fingerprint density at radius 3 is 2.63 bits per heavy atom. The number of rotatable bonds is 14. The van der Waals surface area contributed by atoms with Crippen molar-refractivity contribution >= 4 is 87.3 Å². The summed E-state index contributed by atoms with van der Waals surface area (Å²) in [5, 5.41) is 31.0. The van der Waals surface area contributed by atoms with Crippen molar-refractivity contribution in [3.63, 3.8) is 0 Å². The molecule has 0 saturated carbocycles. The predicted molar refractivity (Wildman–Crippen MR) is 183 cm³/mol. The maximum atomic E-state index is 13.5. The smallest absolute Gasteiger partial charge is 0.407 e. The Hall–Kier alpha value is -4.27. The number of nitrogens with one attached hydrogen (secondary N) is 3. The van der Waals surface area contributed by atoms with Crippen LogP contribution in [0.15, 0.2) is 44.7 Å². The van der Waals surface area contributed by atoms with Crippen molar-refractivity contribution in [2.45, 2.75) is 55.3 Å². The van der Waals surface area contributed by atoms with Crippen LogP contribution in [-0.2, 0) is 41.9 Å². The molecular weight excluding hydrogens is 717 g/mol. The SMILES string of the molecule is CC(C)(C)OC(=O)NCc1ccc(CON=C(C(=O)NC2C(=O)N3CC(CSc4nncs4)(C(=O)O)CS[C@H]23)c2csc(NC=O)n2)cc1. The number of carbonyl (C=O) groups is 5. The van der Waals surface area contributed by atoms with Crippen molar-refractivity contribution in [1.82, 2.24) is 30.7 Å². The Morgan fingerprint density at radius 2 is 1.96 bits per heavy atom. The first-order valence-corrected chi connectivity index (χ1v) is 18.4. The summed E-state index contributed by atoms with van der Waals surface area (Å²) in [5.41, 5.74) is 1.21. The van der Waals surface area contributed by atoms with E-state index in [4.69, 9.17) is 9.57 Å². The van der Waals surface area contributed by atoms with Crippen LogP contribution >= 0.6 is 46.2 Å². The van der Waals surface area contributed by atoms with Crippen LogP contribution in [0, 0.1) is 5.41 Å². The average molecular weight is 749 g/mol. The number of carbonyl (C=O) groups excluding carboxylic acids is 4. The van der Waals surface area contributed by atoms with E-state index >= 15 is 0 Å². The van der Waals surface area contributed by atoms with Crippen LogP contribution in [0.2, 0.25) is 0 Å². The molecule has 0 bridgehead atoms. The molecule has 4 heterocycles. The van der Waals surface area contributed by atoms with E-state index in [-0.39, 0.29) is 47.7 Å². The van der Waals surface area contributed by atoms with Gasteiger partial charge in [-0.05, 0) is 31.9 Å². The number of carboxylic acid groups (broad SMARTS) is 1. The molecule has 3 aromatic rings. The molecule has 49 heavy (non-hydrogen) atoms. The second kappa shape index (κ2) is 15.5. The largest absolute Gasteiger partial charge is 0.481 e. The molecule has 4 amide bonds. The van der Waals surface area contributed by atoms with Crippen LogP contribution < -0.4 is 16.0 Å². The van der Waals surface area contributed by atoms with E-state index < -0.39 is 46.3 Å². The topological polar surface area (TPSA) is 214 Å². The van der Waals surface area contributed by atoms with Gasteiger partial charge in [0.05, 0.1) is 0 Å². The van der Waals surface area contributed by atoms with E-state index in [1.807, 2.05) is 0 Å². The van der Waals surface area contributed by atoms with Crippen molar-refractivity contribution in [2.75, 3.05) is 23.4 Å². The van der Waals surface area contributed by atoms with Crippen LogP contribution in [0.3, 0.4) is 0 Å². The van der Waals surface area contributed by atoms with E-state index in [1.165, 1.54) is 45.1 Å². The monoisotopic (exact) mass is 748 g/mol. The van der Waals surface area contributed by atoms with Crippen LogP contribution in [-0.4, -0.2) is 96.3 Å². The Kier molecular flexibility index (Phi) is 11.4. The number of β-lactam (4-membered cyclic amide) rings is 1. The number of alkyl carbamates (subject to hydrolysis) is 1. The fourth-order valence-electron chi connectivity index (χ4n) is 4.66. The molecule has 1 aromatic carbocycles. The minimum Gasteiger partial charge on any atom is -0.481 e. The number of thioether (sulfide) groups is 2. The minimum atomic E-state index is -1.20. The van der Waals surface area contributed by atoms with Gasteiger partial charge in [0, 0.05) is 30.0 Å². The van der Waals surface area contributed by atoms with Gasteiger partial charge in [-0.1, -0.05) is 52.5 Å². The first-order valence-electron chi connectivity index (χ1n) is 14.6. The van der Waals surface area contributed by atoms with Gasteiger partial charge in [-0.2, -0.15) is 0 Å². The number of hydrogen-bond donors (Lipinski definition) is 4. The standard InChI is InChI=1S/C29H32N8O8S4/c1-28(2,3)45-26(43)30-8-16-4-6-17(7-5-16)9-44-36-19(18-10-46-25(33-18)31-14-38)21(39)34-20-22(40)37-11-29(24(41)42,12-47-23(20)37)13-48-27-35-32-15-49-27/h4-7,10,14-15,20,23H,8-9,11-13H2,1-3H3,(H,30,43)(H,34,39)(H,41,42)(H,31,33,38)/t20?,23-,29?/m1/s1. The number of fused-ring (bicyclic) bond motifs is 1. The summed E-state index contributed by atoms with van der Waals surface area (Å²) in [4.78, 5) is 73.1. The number of hydrogen-bond acceptors (Lipinski definition) is 15. The van der Waals surface area contributed by atoms with Crippen molar-refractivity contribution in [3.05, 3.63) is 52.0 Å². The molecule has 4 N–H and O–H groups in total. The van der Waals surface area contributed by atoms with Crippen molar-refractivity contribution < 1.29 is 38.7 Å². The quantitative estimate of drug-likeness (QED) is 0.0615. The van der Waals surface area contributed by atoms with E-state index in [2.05, 4.69) is 36.3 Å². The summed E-state index contributed by atoms with van der Waals surface area (Å²) in [6, 6.07) is 6.24. The number of carboxylic acids is 1. The Labute approximate surface area is 296 Å². The average Bonchev–Trinajstić information content (AvgIpc) is 3.76. The fraction of sp³-hybridized carbons (Fsp3) is 0.414. The number of aromatic nitrogens is 3. The highest BCUT2D eigenvalue weighted by atomic mass is 32.2. The number of benzene rings is 1. The lowest BCUT2D eigenvalue weighted by Crippen LogP contribution is -2.74. The molecule has 5 rings (SSSR count).